The van der Waals surface area contributed by atoms with E-state index in [2.05, 4.69) is 29.1 Å². The number of aromatic nitrogens is 2. The van der Waals surface area contributed by atoms with E-state index in [9.17, 15) is 0 Å². The normalized spacial score (nSPS) is 25.7. The van der Waals surface area contributed by atoms with Crippen molar-refractivity contribution >= 4 is 5.82 Å². The molecule has 2 unspecified atom stereocenters. The fourth-order valence-electron chi connectivity index (χ4n) is 2.70. The van der Waals surface area contributed by atoms with Crippen molar-refractivity contribution in [1.82, 2.24) is 9.97 Å². The monoisotopic (exact) mass is 219 g/mol. The molecular formula is C13H21N3. The van der Waals surface area contributed by atoms with Gasteiger partial charge in [0, 0.05) is 12.2 Å². The molecule has 3 nitrogen and oxygen atoms in total. The summed E-state index contributed by atoms with van der Waals surface area (Å²) < 4.78 is 0. The third-order valence-electron chi connectivity index (χ3n) is 3.59. The van der Waals surface area contributed by atoms with Crippen LogP contribution in [0.3, 0.4) is 0 Å². The molecular weight excluding hydrogens is 198 g/mol. The average Bonchev–Trinajstić information content (AvgIpc) is 2.31. The minimum absolute atomic E-state index is 0.587. The van der Waals surface area contributed by atoms with E-state index in [1.54, 1.807) is 12.5 Å². The summed E-state index contributed by atoms with van der Waals surface area (Å²) in [6.07, 6.45) is 8.74. The largest absolute Gasteiger partial charge is 0.367 e. The summed E-state index contributed by atoms with van der Waals surface area (Å²) in [5, 5.41) is 3.56. The number of hydrogen-bond donors (Lipinski definition) is 1. The van der Waals surface area contributed by atoms with E-state index in [-0.39, 0.29) is 0 Å². The first-order chi connectivity index (χ1) is 7.77. The molecule has 3 heteroatoms. The van der Waals surface area contributed by atoms with Gasteiger partial charge in [0.05, 0.1) is 0 Å². The van der Waals surface area contributed by atoms with Gasteiger partial charge in [-0.15, -0.1) is 0 Å². The van der Waals surface area contributed by atoms with Crippen LogP contribution in [0.15, 0.2) is 18.6 Å². The molecule has 1 heterocycles. The Hall–Kier alpha value is -1.12. The molecule has 0 aliphatic heterocycles. The van der Waals surface area contributed by atoms with E-state index < -0.39 is 0 Å². The van der Waals surface area contributed by atoms with Crippen LogP contribution in [0.2, 0.25) is 0 Å². The Labute approximate surface area is 97.7 Å². The number of nitrogens with one attached hydrogen (secondary N) is 1. The van der Waals surface area contributed by atoms with Crippen molar-refractivity contribution in [3.8, 4) is 0 Å². The molecule has 1 aliphatic carbocycles. The van der Waals surface area contributed by atoms with Crippen LogP contribution >= 0.6 is 0 Å². The highest BCUT2D eigenvalue weighted by Gasteiger charge is 2.27. The summed E-state index contributed by atoms with van der Waals surface area (Å²) in [5.41, 5.74) is 0. The van der Waals surface area contributed by atoms with E-state index in [1.807, 2.05) is 6.07 Å². The van der Waals surface area contributed by atoms with Crippen molar-refractivity contribution in [3.63, 3.8) is 0 Å². The molecule has 16 heavy (non-hydrogen) atoms. The van der Waals surface area contributed by atoms with Gasteiger partial charge in [-0.2, -0.15) is 0 Å². The van der Waals surface area contributed by atoms with Gasteiger partial charge in [-0.1, -0.05) is 26.7 Å². The number of hydrogen-bond acceptors (Lipinski definition) is 3. The summed E-state index contributed by atoms with van der Waals surface area (Å²) in [6.45, 7) is 4.65. The fourth-order valence-corrected chi connectivity index (χ4v) is 2.70. The van der Waals surface area contributed by atoms with Crippen molar-refractivity contribution in [2.45, 2.75) is 45.6 Å². The van der Waals surface area contributed by atoms with Crippen molar-refractivity contribution in [3.05, 3.63) is 18.6 Å². The second-order valence-electron chi connectivity index (χ2n) is 5.04. The molecule has 1 aromatic rings. The maximum absolute atomic E-state index is 4.24. The van der Waals surface area contributed by atoms with Crippen LogP contribution in [0.25, 0.3) is 0 Å². The standard InChI is InChI=1S/C13H21N3/c1-10(2)11-5-3-4-6-12(11)16-13-7-8-14-9-15-13/h7-12H,3-6H2,1-2H3,(H,14,15,16). The lowest BCUT2D eigenvalue weighted by atomic mass is 9.78. The van der Waals surface area contributed by atoms with Crippen LogP contribution in [-0.4, -0.2) is 16.0 Å². The molecule has 0 spiro atoms. The first-order valence-electron chi connectivity index (χ1n) is 6.30. The second-order valence-corrected chi connectivity index (χ2v) is 5.04. The summed E-state index contributed by atoms with van der Waals surface area (Å²) in [4.78, 5) is 8.19. The Morgan fingerprint density at radius 2 is 2.12 bits per heavy atom. The number of nitrogens with zero attached hydrogens (tertiary/aromatic N) is 2. The van der Waals surface area contributed by atoms with E-state index >= 15 is 0 Å². The molecule has 1 aromatic heterocycles. The molecule has 2 atom stereocenters. The summed E-state index contributed by atoms with van der Waals surface area (Å²) in [7, 11) is 0. The van der Waals surface area contributed by atoms with E-state index in [0.717, 1.165) is 17.7 Å². The Morgan fingerprint density at radius 1 is 1.31 bits per heavy atom. The minimum Gasteiger partial charge on any atom is -0.367 e. The average molecular weight is 219 g/mol. The first-order valence-corrected chi connectivity index (χ1v) is 6.30. The van der Waals surface area contributed by atoms with E-state index in [4.69, 9.17) is 0 Å². The molecule has 1 N–H and O–H groups in total. The van der Waals surface area contributed by atoms with Gasteiger partial charge in [0.15, 0.2) is 0 Å². The van der Waals surface area contributed by atoms with Gasteiger partial charge >= 0.3 is 0 Å². The third kappa shape index (κ3) is 2.71. The van der Waals surface area contributed by atoms with Crippen molar-refractivity contribution in [1.29, 1.82) is 0 Å². The molecule has 88 valence electrons. The van der Waals surface area contributed by atoms with Gasteiger partial charge in [0.2, 0.25) is 0 Å². The minimum atomic E-state index is 0.587. The highest BCUT2D eigenvalue weighted by atomic mass is 15.0. The predicted octanol–water partition coefficient (Wildman–Crippen LogP) is 3.10. The molecule has 0 amide bonds. The molecule has 0 saturated heterocycles. The lowest BCUT2D eigenvalue weighted by Gasteiger charge is -2.35. The van der Waals surface area contributed by atoms with Crippen LogP contribution in [0, 0.1) is 11.8 Å². The zero-order chi connectivity index (χ0) is 11.4. The van der Waals surface area contributed by atoms with Gasteiger partial charge in [-0.25, -0.2) is 9.97 Å². The Kier molecular flexibility index (Phi) is 3.75. The van der Waals surface area contributed by atoms with E-state index in [0.29, 0.717) is 6.04 Å². The van der Waals surface area contributed by atoms with Crippen LogP contribution in [-0.2, 0) is 0 Å². The van der Waals surface area contributed by atoms with Crippen molar-refractivity contribution < 1.29 is 0 Å². The van der Waals surface area contributed by atoms with Crippen molar-refractivity contribution in [2.75, 3.05) is 5.32 Å². The summed E-state index contributed by atoms with van der Waals surface area (Å²) in [6, 6.07) is 2.54. The predicted molar refractivity (Wildman–Crippen MR) is 66.2 cm³/mol. The van der Waals surface area contributed by atoms with Crippen LogP contribution in [0.5, 0.6) is 0 Å². The van der Waals surface area contributed by atoms with Gasteiger partial charge in [0.1, 0.15) is 12.1 Å². The Morgan fingerprint density at radius 3 is 2.81 bits per heavy atom. The number of rotatable bonds is 3. The molecule has 1 saturated carbocycles. The van der Waals surface area contributed by atoms with Crippen LogP contribution in [0.4, 0.5) is 5.82 Å². The molecule has 0 bridgehead atoms. The number of anilines is 1. The highest BCUT2D eigenvalue weighted by Crippen LogP contribution is 2.31. The molecule has 0 radical (unpaired) electrons. The highest BCUT2D eigenvalue weighted by molar-refractivity contribution is 5.33. The van der Waals surface area contributed by atoms with E-state index in [1.165, 1.54) is 25.7 Å². The smallest absolute Gasteiger partial charge is 0.129 e. The molecule has 0 aromatic carbocycles. The molecule has 2 rings (SSSR count). The SMILES string of the molecule is CC(C)C1CCCCC1Nc1ccncn1. The topological polar surface area (TPSA) is 37.8 Å². The Bertz CT molecular complexity index is 310. The van der Waals surface area contributed by atoms with Crippen molar-refractivity contribution in [2.24, 2.45) is 11.8 Å². The van der Waals surface area contributed by atoms with Crippen LogP contribution < -0.4 is 5.32 Å². The van der Waals surface area contributed by atoms with Crippen LogP contribution in [0.1, 0.15) is 39.5 Å². The van der Waals surface area contributed by atoms with Gasteiger partial charge in [-0.3, -0.25) is 0 Å². The zero-order valence-electron chi connectivity index (χ0n) is 10.2. The first kappa shape index (κ1) is 11.4. The second kappa shape index (κ2) is 5.28. The quantitative estimate of drug-likeness (QED) is 0.848. The fraction of sp³-hybridized carbons (Fsp3) is 0.692. The zero-order valence-corrected chi connectivity index (χ0v) is 10.2. The summed E-state index contributed by atoms with van der Waals surface area (Å²) >= 11 is 0. The maximum Gasteiger partial charge on any atom is 0.129 e. The molecule has 1 aliphatic rings. The van der Waals surface area contributed by atoms with Gasteiger partial charge < -0.3 is 5.32 Å². The van der Waals surface area contributed by atoms with Gasteiger partial charge in [0.25, 0.3) is 0 Å². The lowest BCUT2D eigenvalue weighted by molar-refractivity contribution is 0.253. The maximum atomic E-state index is 4.24. The third-order valence-corrected chi connectivity index (χ3v) is 3.59. The molecule has 1 fully saturated rings. The lowest BCUT2D eigenvalue weighted by Crippen LogP contribution is -2.35. The summed E-state index contributed by atoms with van der Waals surface area (Å²) in [5.74, 6) is 2.50. The van der Waals surface area contributed by atoms with Gasteiger partial charge in [-0.05, 0) is 30.7 Å². The Balaban J connectivity index is 2.01.